The van der Waals surface area contributed by atoms with E-state index in [1.165, 1.54) is 0 Å². The number of carbonyl (C=O) groups is 1. The number of carbonyl (C=O) groups excluding carboxylic acids is 1. The molecule has 3 N–H and O–H groups in total. The Morgan fingerprint density at radius 1 is 1.20 bits per heavy atom. The third-order valence-electron chi connectivity index (χ3n) is 5.32. The largest absolute Gasteiger partial charge is 0.397 e. The molecule has 0 bridgehead atoms. The van der Waals surface area contributed by atoms with Gasteiger partial charge >= 0.3 is 0 Å². The van der Waals surface area contributed by atoms with Crippen molar-refractivity contribution < 1.29 is 4.79 Å². The summed E-state index contributed by atoms with van der Waals surface area (Å²) in [5.74, 6) is 0.411. The zero-order valence-electron chi connectivity index (χ0n) is 17.4. The summed E-state index contributed by atoms with van der Waals surface area (Å²) in [7, 11) is 0. The molecule has 1 aromatic heterocycles. The Bertz CT molecular complexity index is 1070. The minimum Gasteiger partial charge on any atom is -0.397 e. The monoisotopic (exact) mass is 398 g/mol. The van der Waals surface area contributed by atoms with Gasteiger partial charge in [0.2, 0.25) is 0 Å². The highest BCUT2D eigenvalue weighted by Gasteiger charge is 2.12. The predicted molar refractivity (Wildman–Crippen MR) is 121 cm³/mol. The van der Waals surface area contributed by atoms with E-state index in [4.69, 9.17) is 5.73 Å². The van der Waals surface area contributed by atoms with Crippen molar-refractivity contribution in [3.05, 3.63) is 77.5 Å². The number of aromatic nitrogens is 1. The summed E-state index contributed by atoms with van der Waals surface area (Å²) < 4.78 is 0. The average Bonchev–Trinajstić information content (AvgIpc) is 2.78. The van der Waals surface area contributed by atoms with E-state index < -0.39 is 0 Å². The number of nitrogens with two attached hydrogens (primary N) is 1. The van der Waals surface area contributed by atoms with E-state index in [0.717, 1.165) is 30.4 Å². The number of nitrogens with one attached hydrogen (secondary N) is 1. The lowest BCUT2D eigenvalue weighted by Crippen LogP contribution is -2.13. The molecule has 1 amide bonds. The van der Waals surface area contributed by atoms with E-state index in [1.807, 2.05) is 36.5 Å². The van der Waals surface area contributed by atoms with Crippen LogP contribution in [0, 0.1) is 17.2 Å². The molecule has 0 fully saturated rings. The van der Waals surface area contributed by atoms with Crippen molar-refractivity contribution in [1.82, 2.24) is 4.98 Å². The fourth-order valence-electron chi connectivity index (χ4n) is 3.16. The van der Waals surface area contributed by atoms with Gasteiger partial charge in [-0.15, -0.1) is 0 Å². The third kappa shape index (κ3) is 5.03. The van der Waals surface area contributed by atoms with Crippen molar-refractivity contribution in [3.63, 3.8) is 0 Å². The third-order valence-corrected chi connectivity index (χ3v) is 5.32. The number of nitrogens with zero attached hydrogens (tertiary/aromatic N) is 2. The van der Waals surface area contributed by atoms with Crippen molar-refractivity contribution in [1.29, 1.82) is 5.26 Å². The van der Waals surface area contributed by atoms with Gasteiger partial charge in [-0.1, -0.05) is 44.5 Å². The molecule has 0 spiro atoms. The van der Waals surface area contributed by atoms with E-state index >= 15 is 0 Å². The first-order chi connectivity index (χ1) is 14.5. The normalized spacial score (nSPS) is 11.5. The van der Waals surface area contributed by atoms with E-state index in [2.05, 4.69) is 30.2 Å². The summed E-state index contributed by atoms with van der Waals surface area (Å²) in [5, 5.41) is 12.4. The van der Waals surface area contributed by atoms with Gasteiger partial charge in [0.05, 0.1) is 22.6 Å². The van der Waals surface area contributed by atoms with Gasteiger partial charge in [0, 0.05) is 17.3 Å². The minimum atomic E-state index is -0.242. The number of nitriles is 1. The van der Waals surface area contributed by atoms with Crippen LogP contribution in [-0.2, 0) is 6.42 Å². The van der Waals surface area contributed by atoms with Crippen LogP contribution in [0.5, 0.6) is 0 Å². The SMILES string of the molecule is CC[C@H](C)CCc1cnc(-c2ccc(C(=O)Nc3ccccc3N)cc2)c(C#N)c1. The molecule has 0 aliphatic heterocycles. The van der Waals surface area contributed by atoms with Gasteiger partial charge in [-0.2, -0.15) is 5.26 Å². The lowest BCUT2D eigenvalue weighted by atomic mass is 9.97. The Morgan fingerprint density at radius 2 is 1.93 bits per heavy atom. The lowest BCUT2D eigenvalue weighted by Gasteiger charge is -2.10. The van der Waals surface area contributed by atoms with Gasteiger partial charge in [-0.25, -0.2) is 0 Å². The second-order valence-electron chi connectivity index (χ2n) is 7.52. The molecule has 2 aromatic carbocycles. The molecule has 0 saturated carbocycles. The number of para-hydroxylation sites is 2. The molecule has 3 aromatic rings. The highest BCUT2D eigenvalue weighted by atomic mass is 16.1. The number of benzene rings is 2. The highest BCUT2D eigenvalue weighted by molar-refractivity contribution is 6.05. The quantitative estimate of drug-likeness (QED) is 0.519. The summed E-state index contributed by atoms with van der Waals surface area (Å²) in [6, 6.07) is 18.4. The van der Waals surface area contributed by atoms with Crippen LogP contribution in [0.3, 0.4) is 0 Å². The van der Waals surface area contributed by atoms with E-state index in [1.54, 1.807) is 24.3 Å². The fourth-order valence-corrected chi connectivity index (χ4v) is 3.16. The molecule has 3 rings (SSSR count). The Balaban J connectivity index is 1.76. The predicted octanol–water partition coefficient (Wildman–Crippen LogP) is 5.43. The Hall–Kier alpha value is -3.65. The van der Waals surface area contributed by atoms with Gasteiger partial charge in [0.1, 0.15) is 6.07 Å². The lowest BCUT2D eigenvalue weighted by molar-refractivity contribution is 0.102. The zero-order chi connectivity index (χ0) is 21.5. The van der Waals surface area contributed by atoms with Crippen molar-refractivity contribution in [2.75, 3.05) is 11.1 Å². The fraction of sp³-hybridized carbons (Fsp3) is 0.240. The molecule has 0 aliphatic carbocycles. The number of amides is 1. The molecule has 30 heavy (non-hydrogen) atoms. The van der Waals surface area contributed by atoms with Crippen LogP contribution in [0.25, 0.3) is 11.3 Å². The summed E-state index contributed by atoms with van der Waals surface area (Å²) in [4.78, 5) is 17.0. The Kier molecular flexibility index (Phi) is 6.82. The average molecular weight is 399 g/mol. The van der Waals surface area contributed by atoms with Crippen LogP contribution in [0.1, 0.15) is 48.2 Å². The van der Waals surface area contributed by atoms with Gasteiger partial charge in [0.15, 0.2) is 0 Å². The molecular weight excluding hydrogens is 372 g/mol. The molecule has 0 aliphatic rings. The summed E-state index contributed by atoms with van der Waals surface area (Å²) in [6.45, 7) is 4.42. The number of aryl methyl sites for hydroxylation is 1. The standard InChI is InChI=1S/C25H26N4O/c1-3-17(2)8-9-18-14-21(15-26)24(28-16-18)19-10-12-20(13-11-19)25(30)29-23-7-5-4-6-22(23)27/h4-7,10-14,16-17H,3,8-9,27H2,1-2H3,(H,29,30)/t17-/m0/s1. The van der Waals surface area contributed by atoms with Gasteiger partial charge < -0.3 is 11.1 Å². The van der Waals surface area contributed by atoms with Crippen LogP contribution in [-0.4, -0.2) is 10.9 Å². The zero-order valence-corrected chi connectivity index (χ0v) is 17.4. The molecule has 5 heteroatoms. The van der Waals surface area contributed by atoms with Gasteiger partial charge in [-0.05, 0) is 54.7 Å². The molecule has 5 nitrogen and oxygen atoms in total. The van der Waals surface area contributed by atoms with Crippen LogP contribution in [0.15, 0.2) is 60.8 Å². The smallest absolute Gasteiger partial charge is 0.255 e. The molecule has 0 saturated heterocycles. The Labute approximate surface area is 177 Å². The molecular formula is C25H26N4O. The van der Waals surface area contributed by atoms with Crippen LogP contribution in [0.4, 0.5) is 11.4 Å². The maximum Gasteiger partial charge on any atom is 0.255 e. The summed E-state index contributed by atoms with van der Waals surface area (Å²) >= 11 is 0. The number of pyridine rings is 1. The van der Waals surface area contributed by atoms with Crippen LogP contribution in [0.2, 0.25) is 0 Å². The second-order valence-corrected chi connectivity index (χ2v) is 7.52. The number of hydrogen-bond donors (Lipinski definition) is 2. The topological polar surface area (TPSA) is 91.8 Å². The van der Waals surface area contributed by atoms with Gasteiger partial charge in [-0.3, -0.25) is 9.78 Å². The second kappa shape index (κ2) is 9.71. The molecule has 0 radical (unpaired) electrons. The number of nitrogen functional groups attached to an aromatic ring is 1. The van der Waals surface area contributed by atoms with Crippen molar-refractivity contribution in [2.24, 2.45) is 5.92 Å². The molecule has 1 atom stereocenters. The molecule has 0 unspecified atom stereocenters. The first-order valence-electron chi connectivity index (χ1n) is 10.2. The first-order valence-corrected chi connectivity index (χ1v) is 10.2. The first kappa shape index (κ1) is 21.1. The maximum atomic E-state index is 12.5. The van der Waals surface area contributed by atoms with E-state index in [9.17, 15) is 10.1 Å². The van der Waals surface area contributed by atoms with E-state index in [-0.39, 0.29) is 5.91 Å². The number of rotatable bonds is 7. The van der Waals surface area contributed by atoms with Crippen molar-refractivity contribution in [2.45, 2.75) is 33.1 Å². The minimum absolute atomic E-state index is 0.242. The summed E-state index contributed by atoms with van der Waals surface area (Å²) in [5.41, 5.74) is 10.5. The highest BCUT2D eigenvalue weighted by Crippen LogP contribution is 2.24. The van der Waals surface area contributed by atoms with Crippen molar-refractivity contribution in [3.8, 4) is 17.3 Å². The number of anilines is 2. The van der Waals surface area contributed by atoms with Gasteiger partial charge in [0.25, 0.3) is 5.91 Å². The summed E-state index contributed by atoms with van der Waals surface area (Å²) in [6.07, 6.45) is 4.99. The van der Waals surface area contributed by atoms with E-state index in [0.29, 0.717) is 34.1 Å². The van der Waals surface area contributed by atoms with Crippen LogP contribution < -0.4 is 11.1 Å². The Morgan fingerprint density at radius 3 is 2.60 bits per heavy atom. The van der Waals surface area contributed by atoms with Crippen molar-refractivity contribution >= 4 is 17.3 Å². The van der Waals surface area contributed by atoms with Crippen LogP contribution >= 0.6 is 0 Å². The molecule has 1 heterocycles. The maximum absolute atomic E-state index is 12.5. The number of hydrogen-bond acceptors (Lipinski definition) is 4. The molecule has 152 valence electrons.